The van der Waals surface area contributed by atoms with E-state index in [2.05, 4.69) is 25.4 Å². The van der Waals surface area contributed by atoms with Gasteiger partial charge in [-0.3, -0.25) is 9.59 Å². The molecule has 34 heavy (non-hydrogen) atoms. The Kier molecular flexibility index (Phi) is 16.0. The normalized spacial score (nSPS) is 9.71. The Morgan fingerprint density at radius 2 is 1.12 bits per heavy atom. The molecule has 0 atom stereocenters. The Labute approximate surface area is 220 Å². The first-order chi connectivity index (χ1) is 14.7. The number of pyridine rings is 1. The standard InChI is InChI=1S/C21H17N5O4.2ClH.H2O.Zn/c1-29-18-8-6-14(12-27)10-16(18)23-25-20-4-3-5-21(22-20)26-24-17-11-15(13-28)7-9-19(17)30-2;;;;/h3-13H,1-2H3;2*1H;1H2;/q;;;;+2/p-2. The van der Waals surface area contributed by atoms with E-state index in [4.69, 9.17) is 9.47 Å². The summed E-state index contributed by atoms with van der Waals surface area (Å²) in [6.45, 7) is 0. The van der Waals surface area contributed by atoms with Crippen molar-refractivity contribution in [3.05, 3.63) is 65.7 Å². The molecular weight excluding hydrogens is 539 g/mol. The molecule has 0 spiro atoms. The largest absolute Gasteiger partial charge is 2.00 e. The van der Waals surface area contributed by atoms with Crippen LogP contribution in [0.1, 0.15) is 20.7 Å². The van der Waals surface area contributed by atoms with Crippen LogP contribution >= 0.6 is 0 Å². The molecule has 0 radical (unpaired) electrons. The van der Waals surface area contributed by atoms with E-state index in [1.54, 1.807) is 54.6 Å². The summed E-state index contributed by atoms with van der Waals surface area (Å²) in [6.07, 6.45) is 1.43. The van der Waals surface area contributed by atoms with Gasteiger partial charge in [-0.2, -0.15) is 0 Å². The topological polar surface area (TPSA) is 146 Å². The Hall–Kier alpha value is -3.11. The number of aromatic nitrogens is 1. The predicted molar refractivity (Wildman–Crippen MR) is 113 cm³/mol. The molecular formula is C21H19Cl2N5O5Zn. The summed E-state index contributed by atoms with van der Waals surface area (Å²) in [5.74, 6) is 1.53. The molecule has 1 heterocycles. The summed E-state index contributed by atoms with van der Waals surface area (Å²) in [7, 11) is 3.00. The van der Waals surface area contributed by atoms with Crippen molar-refractivity contribution in [1.29, 1.82) is 0 Å². The Morgan fingerprint density at radius 3 is 1.47 bits per heavy atom. The first kappa shape index (κ1) is 33.1. The number of nitrogens with zero attached hydrogens (tertiary/aromatic N) is 5. The maximum absolute atomic E-state index is 11.0. The number of hydrogen-bond acceptors (Lipinski definition) is 9. The minimum atomic E-state index is 0. The van der Waals surface area contributed by atoms with E-state index >= 15 is 0 Å². The molecule has 10 nitrogen and oxygen atoms in total. The molecule has 0 fully saturated rings. The first-order valence-electron chi connectivity index (χ1n) is 8.74. The fourth-order valence-electron chi connectivity index (χ4n) is 2.45. The van der Waals surface area contributed by atoms with E-state index in [1.165, 1.54) is 14.2 Å². The SMILES string of the molecule is COc1ccc(C=O)cc1N=Nc1cccc(N=Nc2cc(C=O)ccc2OC)n1.O.[Cl-].[Cl-].[Zn+2]. The molecule has 0 saturated heterocycles. The molecule has 0 amide bonds. The van der Waals surface area contributed by atoms with Gasteiger partial charge in [-0.15, -0.1) is 20.5 Å². The molecule has 0 aliphatic rings. The van der Waals surface area contributed by atoms with Gasteiger partial charge in [-0.05, 0) is 48.5 Å². The summed E-state index contributed by atoms with van der Waals surface area (Å²) in [6, 6.07) is 14.6. The maximum atomic E-state index is 11.0. The fraction of sp³-hybridized carbons (Fsp3) is 0.0952. The number of benzene rings is 2. The second-order valence-electron chi connectivity index (χ2n) is 5.85. The van der Waals surface area contributed by atoms with Crippen LogP contribution in [0.2, 0.25) is 0 Å². The minimum absolute atomic E-state index is 0. The Balaban J connectivity index is 0. The van der Waals surface area contributed by atoms with Crippen LogP contribution in [0.3, 0.4) is 0 Å². The number of halogens is 2. The van der Waals surface area contributed by atoms with Crippen LogP contribution in [0.15, 0.2) is 75.1 Å². The molecule has 0 aliphatic heterocycles. The van der Waals surface area contributed by atoms with Crippen LogP contribution in [-0.2, 0) is 19.5 Å². The number of methoxy groups -OCH3 is 2. The molecule has 3 rings (SSSR count). The van der Waals surface area contributed by atoms with E-state index in [9.17, 15) is 9.59 Å². The van der Waals surface area contributed by atoms with Crippen molar-refractivity contribution >= 4 is 35.6 Å². The van der Waals surface area contributed by atoms with Crippen LogP contribution in [-0.4, -0.2) is 37.3 Å². The number of aldehydes is 2. The molecule has 0 bridgehead atoms. The first-order valence-corrected chi connectivity index (χ1v) is 8.74. The Bertz CT molecular complexity index is 1060. The van der Waals surface area contributed by atoms with Gasteiger partial charge in [0.15, 0.2) is 11.6 Å². The van der Waals surface area contributed by atoms with Crippen LogP contribution in [0.4, 0.5) is 23.0 Å². The quantitative estimate of drug-likeness (QED) is 0.193. The maximum Gasteiger partial charge on any atom is 2.00 e. The van der Waals surface area contributed by atoms with Crippen molar-refractivity contribution in [3.8, 4) is 11.5 Å². The third kappa shape index (κ3) is 8.68. The molecule has 2 aromatic carbocycles. The molecule has 3 aromatic rings. The fourth-order valence-corrected chi connectivity index (χ4v) is 2.45. The molecule has 0 saturated carbocycles. The van der Waals surface area contributed by atoms with Gasteiger partial charge in [0.1, 0.15) is 35.4 Å². The zero-order valence-electron chi connectivity index (χ0n) is 18.2. The van der Waals surface area contributed by atoms with Crippen molar-refractivity contribution in [2.24, 2.45) is 20.5 Å². The summed E-state index contributed by atoms with van der Waals surface area (Å²) >= 11 is 0. The van der Waals surface area contributed by atoms with Gasteiger partial charge >= 0.3 is 19.5 Å². The van der Waals surface area contributed by atoms with Gasteiger partial charge in [0.05, 0.1) is 14.2 Å². The zero-order valence-corrected chi connectivity index (χ0v) is 22.7. The van der Waals surface area contributed by atoms with Gasteiger partial charge < -0.3 is 39.8 Å². The number of ether oxygens (including phenoxy) is 2. The smallest absolute Gasteiger partial charge is 1.00 e. The summed E-state index contributed by atoms with van der Waals surface area (Å²) in [5, 5.41) is 16.4. The Morgan fingerprint density at radius 1 is 0.706 bits per heavy atom. The van der Waals surface area contributed by atoms with Crippen molar-refractivity contribution in [1.82, 2.24) is 4.98 Å². The summed E-state index contributed by atoms with van der Waals surface area (Å²) in [4.78, 5) is 26.2. The third-order valence-corrected chi connectivity index (χ3v) is 3.92. The van der Waals surface area contributed by atoms with Gasteiger partial charge in [-0.1, -0.05) is 6.07 Å². The number of carbonyl (C=O) groups is 2. The third-order valence-electron chi connectivity index (χ3n) is 3.92. The number of hydrogen-bond donors (Lipinski definition) is 0. The molecule has 174 valence electrons. The monoisotopic (exact) mass is 555 g/mol. The van der Waals surface area contributed by atoms with E-state index < -0.39 is 0 Å². The predicted octanol–water partition coefficient (Wildman–Crippen LogP) is -1.26. The van der Waals surface area contributed by atoms with Gasteiger partial charge in [-0.25, -0.2) is 4.98 Å². The van der Waals surface area contributed by atoms with Gasteiger partial charge in [0.25, 0.3) is 0 Å². The van der Waals surface area contributed by atoms with Crippen LogP contribution in [0.5, 0.6) is 11.5 Å². The molecule has 2 N–H and O–H groups in total. The molecule has 0 aliphatic carbocycles. The average molecular weight is 558 g/mol. The number of azo groups is 2. The zero-order chi connectivity index (χ0) is 21.3. The van der Waals surface area contributed by atoms with Crippen molar-refractivity contribution in [2.75, 3.05) is 14.2 Å². The van der Waals surface area contributed by atoms with Crippen molar-refractivity contribution in [2.45, 2.75) is 0 Å². The summed E-state index contributed by atoms with van der Waals surface area (Å²) in [5.41, 5.74) is 1.69. The van der Waals surface area contributed by atoms with E-state index in [-0.39, 0.29) is 49.8 Å². The van der Waals surface area contributed by atoms with Crippen molar-refractivity contribution < 1.29 is 68.8 Å². The van der Waals surface area contributed by atoms with E-state index in [0.717, 1.165) is 0 Å². The molecule has 13 heteroatoms. The van der Waals surface area contributed by atoms with E-state index in [0.29, 0.717) is 58.2 Å². The van der Waals surface area contributed by atoms with Crippen LogP contribution in [0, 0.1) is 0 Å². The minimum Gasteiger partial charge on any atom is -1.00 e. The molecule has 0 unspecified atom stereocenters. The average Bonchev–Trinajstić information content (AvgIpc) is 2.81. The second-order valence-corrected chi connectivity index (χ2v) is 5.85. The van der Waals surface area contributed by atoms with Crippen LogP contribution < -0.4 is 34.3 Å². The number of carbonyl (C=O) groups excluding carboxylic acids is 2. The van der Waals surface area contributed by atoms with Gasteiger partial charge in [0, 0.05) is 11.1 Å². The number of rotatable bonds is 8. The van der Waals surface area contributed by atoms with Crippen molar-refractivity contribution in [3.63, 3.8) is 0 Å². The summed E-state index contributed by atoms with van der Waals surface area (Å²) < 4.78 is 10.4. The molecule has 1 aromatic heterocycles. The second kappa shape index (κ2) is 16.5. The van der Waals surface area contributed by atoms with Crippen LogP contribution in [0.25, 0.3) is 0 Å². The van der Waals surface area contributed by atoms with E-state index in [1.807, 2.05) is 0 Å². The van der Waals surface area contributed by atoms with Gasteiger partial charge in [0.2, 0.25) is 0 Å².